The van der Waals surface area contributed by atoms with E-state index in [1.165, 1.54) is 7.11 Å². The van der Waals surface area contributed by atoms with Crippen molar-refractivity contribution < 1.29 is 18.7 Å². The number of carbonyl (C=O) groups is 2. The second kappa shape index (κ2) is 7.69. The number of furan rings is 1. The SMILES string of the molecule is COC(=O)C1=C(C)NC2=C(C(=O)c3ccccc32)[C@@H]1c1ccc(-c2cccc(Cl)c2Cl)o1. The molecule has 160 valence electrons. The molecule has 1 aliphatic carbocycles. The van der Waals surface area contributed by atoms with E-state index in [1.807, 2.05) is 18.2 Å². The maximum Gasteiger partial charge on any atom is 0.336 e. The lowest BCUT2D eigenvalue weighted by molar-refractivity contribution is -0.136. The molecule has 0 saturated heterocycles. The van der Waals surface area contributed by atoms with Crippen molar-refractivity contribution in [2.24, 2.45) is 0 Å². The van der Waals surface area contributed by atoms with Crippen molar-refractivity contribution in [3.63, 3.8) is 0 Å². The highest BCUT2D eigenvalue weighted by molar-refractivity contribution is 6.43. The van der Waals surface area contributed by atoms with Crippen molar-refractivity contribution in [1.82, 2.24) is 5.32 Å². The molecule has 32 heavy (non-hydrogen) atoms. The number of fused-ring (bicyclic) bond motifs is 2. The number of carbonyl (C=O) groups excluding carboxylic acids is 2. The number of dihydropyridines is 1. The van der Waals surface area contributed by atoms with Gasteiger partial charge in [-0.25, -0.2) is 4.79 Å². The van der Waals surface area contributed by atoms with Gasteiger partial charge in [0.15, 0.2) is 5.78 Å². The molecule has 2 heterocycles. The number of ether oxygens (including phenoxy) is 1. The fourth-order valence-corrected chi connectivity index (χ4v) is 4.73. The van der Waals surface area contributed by atoms with Crippen LogP contribution in [0.25, 0.3) is 17.0 Å². The molecular formula is C25H17Cl2NO4. The van der Waals surface area contributed by atoms with Gasteiger partial charge in [0.05, 0.1) is 34.3 Å². The van der Waals surface area contributed by atoms with Gasteiger partial charge in [0.25, 0.3) is 0 Å². The average molecular weight is 466 g/mol. The first-order valence-corrected chi connectivity index (χ1v) is 10.7. The van der Waals surface area contributed by atoms with Crippen LogP contribution in [0.1, 0.15) is 34.5 Å². The lowest BCUT2D eigenvalue weighted by Gasteiger charge is -2.27. The minimum absolute atomic E-state index is 0.152. The molecule has 0 bridgehead atoms. The highest BCUT2D eigenvalue weighted by Crippen LogP contribution is 2.48. The van der Waals surface area contributed by atoms with Gasteiger partial charge < -0.3 is 14.5 Å². The Hall–Kier alpha value is -3.28. The number of Topliss-reactive ketones (excluding diaryl/α,β-unsaturated/α-hetero) is 1. The highest BCUT2D eigenvalue weighted by atomic mass is 35.5. The predicted molar refractivity (Wildman–Crippen MR) is 122 cm³/mol. The van der Waals surface area contributed by atoms with Gasteiger partial charge in [-0.15, -0.1) is 0 Å². The van der Waals surface area contributed by atoms with Crippen molar-refractivity contribution in [3.05, 3.63) is 98.4 Å². The zero-order valence-electron chi connectivity index (χ0n) is 17.2. The van der Waals surface area contributed by atoms with E-state index in [4.69, 9.17) is 32.4 Å². The number of ketones is 1. The van der Waals surface area contributed by atoms with Crippen molar-refractivity contribution in [3.8, 4) is 11.3 Å². The van der Waals surface area contributed by atoms with Gasteiger partial charge in [-0.2, -0.15) is 0 Å². The van der Waals surface area contributed by atoms with Gasteiger partial charge in [-0.1, -0.05) is 53.5 Å². The summed E-state index contributed by atoms with van der Waals surface area (Å²) in [7, 11) is 1.31. The Balaban J connectivity index is 1.69. The normalized spacial score (nSPS) is 17.2. The Morgan fingerprint density at radius 2 is 1.72 bits per heavy atom. The Bertz CT molecular complexity index is 1370. The van der Waals surface area contributed by atoms with Crippen LogP contribution in [0.4, 0.5) is 0 Å². The summed E-state index contributed by atoms with van der Waals surface area (Å²) in [5.41, 5.74) is 4.06. The molecule has 0 radical (unpaired) electrons. The van der Waals surface area contributed by atoms with E-state index in [2.05, 4.69) is 5.32 Å². The average Bonchev–Trinajstić information content (AvgIpc) is 3.38. The van der Waals surface area contributed by atoms with Crippen LogP contribution >= 0.6 is 23.2 Å². The third kappa shape index (κ3) is 3.00. The Morgan fingerprint density at radius 1 is 1.00 bits per heavy atom. The predicted octanol–water partition coefficient (Wildman–Crippen LogP) is 5.99. The van der Waals surface area contributed by atoms with E-state index in [0.717, 1.165) is 5.56 Å². The van der Waals surface area contributed by atoms with Gasteiger partial charge in [-0.3, -0.25) is 4.79 Å². The minimum atomic E-state index is -0.731. The van der Waals surface area contributed by atoms with Crippen LogP contribution in [0.5, 0.6) is 0 Å². The highest BCUT2D eigenvalue weighted by Gasteiger charge is 2.44. The maximum atomic E-state index is 13.4. The minimum Gasteiger partial charge on any atom is -0.466 e. The lowest BCUT2D eigenvalue weighted by Crippen LogP contribution is -2.28. The van der Waals surface area contributed by atoms with E-state index < -0.39 is 11.9 Å². The lowest BCUT2D eigenvalue weighted by atomic mass is 9.83. The Morgan fingerprint density at radius 3 is 2.47 bits per heavy atom. The first-order chi connectivity index (χ1) is 15.4. The molecule has 5 rings (SSSR count). The summed E-state index contributed by atoms with van der Waals surface area (Å²) in [6.45, 7) is 1.78. The first-order valence-electron chi connectivity index (χ1n) is 9.90. The summed E-state index contributed by atoms with van der Waals surface area (Å²) in [6, 6.07) is 16.1. The van der Waals surface area contributed by atoms with Gasteiger partial charge in [-0.05, 0) is 31.2 Å². The van der Waals surface area contributed by atoms with Crippen LogP contribution in [0.2, 0.25) is 10.0 Å². The molecule has 0 saturated carbocycles. The van der Waals surface area contributed by atoms with Crippen LogP contribution in [0.15, 0.2) is 75.9 Å². The second-order valence-corrected chi connectivity index (χ2v) is 8.34. The van der Waals surface area contributed by atoms with Gasteiger partial charge in [0.1, 0.15) is 11.5 Å². The molecule has 7 heteroatoms. The standard InChI is InChI=1S/C25H17Cl2NO4/c1-12-19(25(30)31-2)20(21-23(28-12)13-6-3-4-7-14(13)24(21)29)18-11-10-17(32-18)15-8-5-9-16(26)22(15)27/h3-11,20,28H,1-2H3/t20-/m1/s1. The van der Waals surface area contributed by atoms with Crippen molar-refractivity contribution in [1.29, 1.82) is 0 Å². The third-order valence-electron chi connectivity index (χ3n) is 5.78. The quantitative estimate of drug-likeness (QED) is 0.480. The summed E-state index contributed by atoms with van der Waals surface area (Å²) >= 11 is 12.5. The van der Waals surface area contributed by atoms with Crippen LogP contribution in [0, 0.1) is 0 Å². The van der Waals surface area contributed by atoms with Gasteiger partial charge >= 0.3 is 5.97 Å². The number of rotatable bonds is 3. The van der Waals surface area contributed by atoms with E-state index >= 15 is 0 Å². The number of benzene rings is 2. The number of halogens is 2. The molecule has 1 N–H and O–H groups in total. The van der Waals surface area contributed by atoms with Gasteiger partial charge in [0.2, 0.25) is 0 Å². The monoisotopic (exact) mass is 465 g/mol. The van der Waals surface area contributed by atoms with Gasteiger partial charge in [0, 0.05) is 28.0 Å². The smallest absolute Gasteiger partial charge is 0.336 e. The van der Waals surface area contributed by atoms with Crippen LogP contribution < -0.4 is 5.32 Å². The number of hydrogen-bond acceptors (Lipinski definition) is 5. The third-order valence-corrected chi connectivity index (χ3v) is 6.60. The topological polar surface area (TPSA) is 68.5 Å². The molecule has 3 aromatic rings. The largest absolute Gasteiger partial charge is 0.466 e. The number of esters is 1. The molecule has 1 atom stereocenters. The molecule has 2 aromatic carbocycles. The molecule has 0 spiro atoms. The number of methoxy groups -OCH3 is 1. The van der Waals surface area contributed by atoms with Crippen molar-refractivity contribution in [2.75, 3.05) is 7.11 Å². The second-order valence-electron chi connectivity index (χ2n) is 7.56. The van der Waals surface area contributed by atoms with Crippen molar-refractivity contribution >= 4 is 40.7 Å². The fourth-order valence-electron chi connectivity index (χ4n) is 4.34. The van der Waals surface area contributed by atoms with E-state index in [1.54, 1.807) is 43.3 Å². The van der Waals surface area contributed by atoms with Crippen LogP contribution in [0.3, 0.4) is 0 Å². The summed E-state index contributed by atoms with van der Waals surface area (Å²) < 4.78 is 11.2. The summed E-state index contributed by atoms with van der Waals surface area (Å²) in [5.74, 6) is -0.496. The van der Waals surface area contributed by atoms with Crippen LogP contribution in [-0.4, -0.2) is 18.9 Å². The Kier molecular flexibility index (Phi) is 4.96. The maximum absolute atomic E-state index is 13.4. The van der Waals surface area contributed by atoms with E-state index in [0.29, 0.717) is 55.2 Å². The molecule has 1 aliphatic heterocycles. The number of hydrogen-bond donors (Lipinski definition) is 1. The molecular weight excluding hydrogens is 449 g/mol. The summed E-state index contributed by atoms with van der Waals surface area (Å²) in [6.07, 6.45) is 0. The van der Waals surface area contributed by atoms with E-state index in [9.17, 15) is 9.59 Å². The number of allylic oxidation sites excluding steroid dienone is 2. The molecule has 0 fully saturated rings. The summed E-state index contributed by atoms with van der Waals surface area (Å²) in [5, 5.41) is 4.01. The molecule has 1 aromatic heterocycles. The molecule has 2 aliphatic rings. The first kappa shape index (κ1) is 20.6. The molecule has 0 amide bonds. The zero-order valence-corrected chi connectivity index (χ0v) is 18.7. The fraction of sp³-hybridized carbons (Fsp3) is 0.120. The molecule has 0 unspecified atom stereocenters. The zero-order chi connectivity index (χ0) is 22.6. The number of nitrogens with one attached hydrogen (secondary N) is 1. The summed E-state index contributed by atoms with van der Waals surface area (Å²) in [4.78, 5) is 26.2. The van der Waals surface area contributed by atoms with Crippen molar-refractivity contribution in [2.45, 2.75) is 12.8 Å². The van der Waals surface area contributed by atoms with E-state index in [-0.39, 0.29) is 5.78 Å². The Labute approximate surface area is 194 Å². The molecule has 5 nitrogen and oxygen atoms in total. The van der Waals surface area contributed by atoms with Crippen LogP contribution in [-0.2, 0) is 9.53 Å².